The van der Waals surface area contributed by atoms with Crippen molar-refractivity contribution in [2.45, 2.75) is 304 Å². The fraction of sp³-hybridized carbons (Fsp3) is 0.699. The minimum absolute atomic E-state index is 0.442. The summed E-state index contributed by atoms with van der Waals surface area (Å²) in [5.41, 5.74) is 14.6. The number of phosphoric ester groups is 2. The van der Waals surface area contributed by atoms with Crippen LogP contribution in [0, 0.1) is 0 Å². The first-order valence-corrected chi connectivity index (χ1v) is 37.5. The lowest BCUT2D eigenvalue weighted by atomic mass is 9.96. The maximum absolute atomic E-state index is 12.8. The molecule has 24 heteroatoms. The van der Waals surface area contributed by atoms with Crippen molar-refractivity contribution >= 4 is 15.6 Å². The van der Waals surface area contributed by atoms with Gasteiger partial charge in [-0.2, -0.15) is 0 Å². The molecule has 0 amide bonds. The van der Waals surface area contributed by atoms with Gasteiger partial charge in [-0.05, 0) is 212 Å². The Labute approximate surface area is 578 Å². The third-order valence-electron chi connectivity index (χ3n) is 17.8. The molecular formula is C73H120O22P2-2. The van der Waals surface area contributed by atoms with Gasteiger partial charge in [0.15, 0.2) is 18.9 Å². The first-order chi connectivity index (χ1) is 45.8. The summed E-state index contributed by atoms with van der Waals surface area (Å²) in [7, 11) is -11.6. The summed E-state index contributed by atoms with van der Waals surface area (Å²) in [6, 6.07) is 0. The Kier molecular flexibility index (Phi) is 42.1. The van der Waals surface area contributed by atoms with E-state index in [9.17, 15) is 70.0 Å². The Hall–Kier alpha value is -3.20. The van der Waals surface area contributed by atoms with E-state index in [0.29, 0.717) is 18.4 Å². The van der Waals surface area contributed by atoms with Gasteiger partial charge >= 0.3 is 0 Å². The van der Waals surface area contributed by atoms with Crippen molar-refractivity contribution in [3.8, 4) is 0 Å². The van der Waals surface area contributed by atoms with E-state index < -0.39 is 134 Å². The second kappa shape index (κ2) is 46.4. The van der Waals surface area contributed by atoms with Crippen molar-refractivity contribution < 1.29 is 107 Å². The molecule has 0 saturated carbocycles. The highest BCUT2D eigenvalue weighted by Crippen LogP contribution is 2.57. The minimum Gasteiger partial charge on any atom is -0.756 e. The Morgan fingerprint density at radius 3 is 0.979 bits per heavy atom. The van der Waals surface area contributed by atoms with Crippen LogP contribution < -0.4 is 9.79 Å². The van der Waals surface area contributed by atoms with Gasteiger partial charge in [-0.3, -0.25) is 13.7 Å². The van der Waals surface area contributed by atoms with Crippen LogP contribution in [0.4, 0.5) is 0 Å². The van der Waals surface area contributed by atoms with Crippen LogP contribution >= 0.6 is 15.6 Å². The molecule has 3 rings (SSSR count). The number of aliphatic hydroxyl groups is 10. The zero-order chi connectivity index (χ0) is 72.4. The fourth-order valence-electron chi connectivity index (χ4n) is 11.2. The van der Waals surface area contributed by atoms with Crippen LogP contribution in [-0.4, -0.2) is 170 Å². The summed E-state index contributed by atoms with van der Waals surface area (Å²) in [5, 5.41) is 104. The molecule has 0 radical (unpaired) electrons. The van der Waals surface area contributed by atoms with Crippen LogP contribution in [0.5, 0.6) is 0 Å². The Bertz CT molecular complexity index is 2790. The summed E-state index contributed by atoms with van der Waals surface area (Å²) >= 11 is 0. The maximum atomic E-state index is 12.8. The summed E-state index contributed by atoms with van der Waals surface area (Å²) in [5.74, 6) is 0. The first-order valence-electron chi connectivity index (χ1n) is 34.5. The van der Waals surface area contributed by atoms with Gasteiger partial charge in [-0.25, -0.2) is 4.31 Å². The summed E-state index contributed by atoms with van der Waals surface area (Å²) < 4.78 is 66.3. The highest BCUT2D eigenvalue weighted by Gasteiger charge is 2.54. The van der Waals surface area contributed by atoms with E-state index in [1.165, 1.54) is 50.2 Å². The smallest absolute Gasteiger partial charge is 0.276 e. The molecule has 0 aromatic rings. The highest BCUT2D eigenvalue weighted by atomic mass is 31.3. The van der Waals surface area contributed by atoms with E-state index in [1.54, 1.807) is 13.0 Å². The molecule has 0 aromatic carbocycles. The molecule has 3 fully saturated rings. The van der Waals surface area contributed by atoms with E-state index in [1.807, 2.05) is 6.92 Å². The number of allylic oxidation sites excluding steroid dienone is 21. The molecule has 0 aromatic heterocycles. The average molecular weight is 1410 g/mol. The lowest BCUT2D eigenvalue weighted by Crippen LogP contribution is -2.66. The van der Waals surface area contributed by atoms with Crippen LogP contribution in [0.3, 0.4) is 0 Å². The van der Waals surface area contributed by atoms with Gasteiger partial charge in [0.1, 0.15) is 73.2 Å². The zero-order valence-corrected chi connectivity index (χ0v) is 61.5. The molecule has 0 spiro atoms. The normalized spacial score (nSPS) is 29.7. The minimum atomic E-state index is -5.99. The van der Waals surface area contributed by atoms with Crippen molar-refractivity contribution in [1.29, 1.82) is 0 Å². The number of rotatable bonds is 44. The monoisotopic (exact) mass is 1410 g/mol. The number of aliphatic hydroxyl groups excluding tert-OH is 10. The maximum Gasteiger partial charge on any atom is 0.276 e. The molecule has 97 heavy (non-hydrogen) atoms. The van der Waals surface area contributed by atoms with Crippen LogP contribution in [0.25, 0.3) is 0 Å². The van der Waals surface area contributed by atoms with Gasteiger partial charge in [-0.15, -0.1) is 0 Å². The first kappa shape index (κ1) is 88.0. The third kappa shape index (κ3) is 34.1. The van der Waals surface area contributed by atoms with Crippen molar-refractivity contribution in [3.05, 3.63) is 128 Å². The molecule has 556 valence electrons. The van der Waals surface area contributed by atoms with Gasteiger partial charge in [0.25, 0.3) is 15.6 Å². The average Bonchev–Trinajstić information content (AvgIpc) is 0.782. The second-order valence-corrected chi connectivity index (χ2v) is 29.6. The van der Waals surface area contributed by atoms with E-state index >= 15 is 0 Å². The molecule has 0 aliphatic carbocycles. The van der Waals surface area contributed by atoms with Gasteiger partial charge < -0.3 is 89.1 Å². The fourth-order valence-corrected chi connectivity index (χ4v) is 13.3. The molecular weight excluding hydrogens is 1290 g/mol. The van der Waals surface area contributed by atoms with Gasteiger partial charge in [-0.1, -0.05) is 128 Å². The van der Waals surface area contributed by atoms with Crippen LogP contribution in [0.1, 0.15) is 212 Å². The molecule has 10 N–H and O–H groups in total. The standard InChI is InChI=1S/C73H122O22P2/c1-13-48(2)24-14-25-49(3)26-15-27-50(4)28-16-29-51(5)30-17-31-52(6)32-18-33-53(7)34-19-35-54(8)36-20-37-55(9)38-21-39-56(10)40-22-41-57(11)42-23-43-58(12)47-88-96(84,85)95-97(86,87)94-73-67(82)65(80)69(61(46-76)91-73)92-72-68(83)70(63(78)60(45-75)90-72)93-71-66(81)64(79)62(77)59(44-74)89-71/h13,25,27,29,31,33,35,37,39,41,43,59-83H,14-24,26,28,30,32,34,36,38,40,42,44-47H2,1-12H3,(H,84,85)(H,86,87)/p-2/b48-13-,49-25-,50-27-,51-29-,52-31-,53-33-,54-35-,55-37-,56-39+,57-41+,58-43+/t59-,60-,61-,62-,63-,64+,65-,66+,67-,68-,69-,70+,71-,72+,73-/m1/s1. The SMILES string of the molecule is C/C=C(/C)CC/C=C(/C)CC/C=C(/C)CC/C=C(/C)CC/C=C(/C)CC/C=C(/C)CC/C=C(/C)CC/C=C(/C)CC/C=C(\C)CC/C=C(\C)CC/C=C(\C)COP(=O)([O-])OP(=O)([O-])O[C@H]1O[C@H](CO)[C@@H](O[C@@H]2O[C@H](CO)[C@@H](O)[C@H](O[C@H]3O[C@H](CO)[C@@H](O)[C@H](O)[C@@H]3O)[C@H]2O)[C@H](O)[C@H]1O. The van der Waals surface area contributed by atoms with Gasteiger partial charge in [0.2, 0.25) is 0 Å². The lowest BCUT2D eigenvalue weighted by molar-refractivity contribution is -0.379. The molecule has 0 bridgehead atoms. The van der Waals surface area contributed by atoms with Crippen LogP contribution in [0.2, 0.25) is 0 Å². The largest absolute Gasteiger partial charge is 0.756 e. The summed E-state index contributed by atoms with van der Waals surface area (Å²) in [4.78, 5) is 25.5. The number of ether oxygens (including phenoxy) is 5. The number of phosphoric acid groups is 2. The van der Waals surface area contributed by atoms with E-state index in [2.05, 4.69) is 139 Å². The van der Waals surface area contributed by atoms with Crippen LogP contribution in [0.15, 0.2) is 128 Å². The van der Waals surface area contributed by atoms with Gasteiger partial charge in [0, 0.05) is 0 Å². The quantitative estimate of drug-likeness (QED) is 0.0200. The predicted octanol–water partition coefficient (Wildman–Crippen LogP) is 10.7. The van der Waals surface area contributed by atoms with E-state index in [0.717, 1.165) is 121 Å². The van der Waals surface area contributed by atoms with Gasteiger partial charge in [0.05, 0.1) is 26.4 Å². The second-order valence-electron chi connectivity index (χ2n) is 26.7. The topological polar surface area (TPSA) is 356 Å². The molecule has 22 nitrogen and oxygen atoms in total. The van der Waals surface area contributed by atoms with Crippen molar-refractivity contribution in [2.24, 2.45) is 0 Å². The summed E-state index contributed by atoms with van der Waals surface area (Å²) in [6.07, 6.45) is 16.5. The Balaban J connectivity index is 1.32. The summed E-state index contributed by atoms with van der Waals surface area (Å²) in [6.45, 7) is 22.4. The van der Waals surface area contributed by atoms with E-state index in [4.69, 9.17) is 28.2 Å². The molecule has 3 aliphatic rings. The van der Waals surface area contributed by atoms with Crippen molar-refractivity contribution in [2.75, 3.05) is 26.4 Å². The Morgan fingerprint density at radius 1 is 0.351 bits per heavy atom. The van der Waals surface area contributed by atoms with E-state index in [-0.39, 0.29) is 0 Å². The van der Waals surface area contributed by atoms with Crippen LogP contribution in [-0.2, 0) is 46.2 Å². The zero-order valence-electron chi connectivity index (χ0n) is 59.7. The molecule has 3 saturated heterocycles. The predicted molar refractivity (Wildman–Crippen MR) is 372 cm³/mol. The van der Waals surface area contributed by atoms with Crippen molar-refractivity contribution in [1.82, 2.24) is 0 Å². The Morgan fingerprint density at radius 2 is 0.639 bits per heavy atom. The molecule has 2 unspecified atom stereocenters. The third-order valence-corrected chi connectivity index (χ3v) is 20.3. The van der Waals surface area contributed by atoms with Crippen molar-refractivity contribution in [3.63, 3.8) is 0 Å². The molecule has 17 atom stereocenters. The molecule has 3 heterocycles. The lowest BCUT2D eigenvalue weighted by Gasteiger charge is -2.48. The number of hydrogen-bond donors (Lipinski definition) is 10. The number of hydrogen-bond acceptors (Lipinski definition) is 22. The molecule has 3 aliphatic heterocycles. The highest BCUT2D eigenvalue weighted by molar-refractivity contribution is 7.59.